The second kappa shape index (κ2) is 14.2. The molecule has 3 rings (SSSR count). The standard InChI is InChI=1S/C28H28ClF3O13S/c1-14(33)40-13-23-24(41-15(2)34)25(42-16(3)35)26(43-17(4)36)27(37,44-23)20-7-10-22(29)19(12-20)11-18-5-8-21(9-6-18)45-46(38,39)28(30,31)32/h5-10,12,23-26,37H,11,13H2,1-4H3/t23-,24-,25+,26-,27+/m1/s1. The Labute approximate surface area is 265 Å². The fourth-order valence-electron chi connectivity index (χ4n) is 4.50. The number of carbonyl (C=O) groups is 4. The minimum absolute atomic E-state index is 0.0341. The molecule has 252 valence electrons. The third-order valence-corrected chi connectivity index (χ3v) is 7.67. The van der Waals surface area contributed by atoms with Gasteiger partial charge in [0.15, 0.2) is 12.2 Å². The number of halogens is 4. The number of benzene rings is 2. The van der Waals surface area contributed by atoms with Crippen LogP contribution in [0.25, 0.3) is 0 Å². The third-order valence-electron chi connectivity index (χ3n) is 6.32. The van der Waals surface area contributed by atoms with Crippen LogP contribution in [-0.4, -0.2) is 73.9 Å². The van der Waals surface area contributed by atoms with Crippen molar-refractivity contribution in [2.24, 2.45) is 0 Å². The van der Waals surface area contributed by atoms with Crippen molar-refractivity contribution in [3.05, 3.63) is 64.2 Å². The second-order valence-corrected chi connectivity index (χ2v) is 11.9. The fraction of sp³-hybridized carbons (Fsp3) is 0.429. The maximum absolute atomic E-state index is 12.7. The van der Waals surface area contributed by atoms with Crippen molar-refractivity contribution in [1.29, 1.82) is 0 Å². The number of ether oxygens (including phenoxy) is 5. The Balaban J connectivity index is 2.06. The van der Waals surface area contributed by atoms with E-state index in [0.29, 0.717) is 5.56 Å². The SMILES string of the molecule is CC(=O)OC[C@H]1O[C@@](O)(c2ccc(Cl)c(Cc3ccc(OS(=O)(=O)C(F)(F)F)cc3)c2)[C@H](OC(C)=O)[C@@H](OC(C)=O)[C@@H]1OC(C)=O. The van der Waals surface area contributed by atoms with Gasteiger partial charge in [0.25, 0.3) is 0 Å². The molecule has 18 heteroatoms. The molecule has 0 bridgehead atoms. The molecule has 0 amide bonds. The molecule has 0 spiro atoms. The van der Waals surface area contributed by atoms with E-state index in [1.54, 1.807) is 0 Å². The van der Waals surface area contributed by atoms with Gasteiger partial charge in [-0.2, -0.15) is 21.6 Å². The lowest BCUT2D eigenvalue weighted by atomic mass is 9.86. The van der Waals surface area contributed by atoms with Crippen molar-refractivity contribution in [2.45, 2.75) is 69.8 Å². The third kappa shape index (κ3) is 8.86. The molecule has 1 aliphatic heterocycles. The highest BCUT2D eigenvalue weighted by molar-refractivity contribution is 7.88. The van der Waals surface area contributed by atoms with E-state index in [2.05, 4.69) is 4.18 Å². The Hall–Kier alpha value is -3.93. The summed E-state index contributed by atoms with van der Waals surface area (Å²) in [6.45, 7) is 3.53. The van der Waals surface area contributed by atoms with Crippen LogP contribution in [0.5, 0.6) is 5.75 Å². The lowest BCUT2D eigenvalue weighted by Crippen LogP contribution is -2.66. The molecule has 46 heavy (non-hydrogen) atoms. The van der Waals surface area contributed by atoms with Gasteiger partial charge in [-0.15, -0.1) is 0 Å². The van der Waals surface area contributed by atoms with Crippen LogP contribution in [0, 0.1) is 0 Å². The van der Waals surface area contributed by atoms with E-state index in [0.717, 1.165) is 39.8 Å². The maximum atomic E-state index is 12.7. The normalized spacial score (nSPS) is 23.2. The molecule has 1 N–H and O–H groups in total. The molecule has 0 aromatic heterocycles. The van der Waals surface area contributed by atoms with E-state index in [1.807, 2.05) is 0 Å². The number of alkyl halides is 3. The molecule has 0 saturated carbocycles. The Kier molecular flexibility index (Phi) is 11.3. The Morgan fingerprint density at radius 2 is 1.46 bits per heavy atom. The van der Waals surface area contributed by atoms with Crippen molar-refractivity contribution in [3.8, 4) is 5.75 Å². The average molecular weight is 697 g/mol. The number of aliphatic hydroxyl groups is 1. The van der Waals surface area contributed by atoms with Gasteiger partial charge in [0.05, 0.1) is 0 Å². The quantitative estimate of drug-likeness (QED) is 0.166. The molecule has 5 atom stereocenters. The number of carbonyl (C=O) groups excluding carboxylic acids is 4. The zero-order chi connectivity index (χ0) is 34.6. The summed E-state index contributed by atoms with van der Waals surface area (Å²) in [5, 5.41) is 12.2. The summed E-state index contributed by atoms with van der Waals surface area (Å²) in [5.41, 5.74) is -5.04. The fourth-order valence-corrected chi connectivity index (χ4v) is 5.15. The van der Waals surface area contributed by atoms with Crippen LogP contribution in [0.4, 0.5) is 13.2 Å². The lowest BCUT2D eigenvalue weighted by molar-refractivity contribution is -0.360. The highest BCUT2D eigenvalue weighted by atomic mass is 35.5. The number of esters is 4. The molecular weight excluding hydrogens is 669 g/mol. The van der Waals surface area contributed by atoms with Crippen LogP contribution in [-0.2, 0) is 65.2 Å². The summed E-state index contributed by atoms with van der Waals surface area (Å²) >= 11 is 6.39. The van der Waals surface area contributed by atoms with Crippen LogP contribution in [0.15, 0.2) is 42.5 Å². The maximum Gasteiger partial charge on any atom is 0.534 e. The van der Waals surface area contributed by atoms with Gasteiger partial charge in [0.1, 0.15) is 18.5 Å². The smallest absolute Gasteiger partial charge is 0.463 e. The number of hydrogen-bond acceptors (Lipinski definition) is 13. The molecule has 1 heterocycles. The monoisotopic (exact) mass is 696 g/mol. The predicted octanol–water partition coefficient (Wildman–Crippen LogP) is 3.06. The van der Waals surface area contributed by atoms with E-state index in [9.17, 15) is 45.9 Å². The summed E-state index contributed by atoms with van der Waals surface area (Å²) < 4.78 is 91.6. The van der Waals surface area contributed by atoms with E-state index in [4.69, 9.17) is 35.3 Å². The molecule has 1 fully saturated rings. The topological polar surface area (TPSA) is 178 Å². The van der Waals surface area contributed by atoms with E-state index >= 15 is 0 Å². The summed E-state index contributed by atoms with van der Waals surface area (Å²) in [4.78, 5) is 47.9. The first-order valence-electron chi connectivity index (χ1n) is 13.2. The summed E-state index contributed by atoms with van der Waals surface area (Å²) in [5.74, 6) is -6.74. The molecule has 0 radical (unpaired) electrons. The molecule has 1 aliphatic rings. The highest BCUT2D eigenvalue weighted by Gasteiger charge is 2.60. The van der Waals surface area contributed by atoms with Crippen molar-refractivity contribution >= 4 is 45.6 Å². The van der Waals surface area contributed by atoms with E-state index in [-0.39, 0.29) is 22.6 Å². The van der Waals surface area contributed by atoms with Gasteiger partial charge in [-0.25, -0.2) is 0 Å². The molecular formula is C28H28ClF3O13S. The Morgan fingerprint density at radius 1 is 0.891 bits per heavy atom. The van der Waals surface area contributed by atoms with Crippen molar-refractivity contribution in [3.63, 3.8) is 0 Å². The Bertz CT molecular complexity index is 1580. The molecule has 13 nitrogen and oxygen atoms in total. The first kappa shape index (κ1) is 36.5. The number of rotatable bonds is 10. The van der Waals surface area contributed by atoms with Gasteiger partial charge < -0.3 is 33.0 Å². The first-order valence-corrected chi connectivity index (χ1v) is 15.0. The lowest BCUT2D eigenvalue weighted by Gasteiger charge is -2.48. The van der Waals surface area contributed by atoms with Crippen molar-refractivity contribution in [2.75, 3.05) is 6.61 Å². The zero-order valence-corrected chi connectivity index (χ0v) is 26.1. The van der Waals surface area contributed by atoms with Crippen LogP contribution in [0.1, 0.15) is 44.4 Å². The average Bonchev–Trinajstić information content (AvgIpc) is 2.92. The first-order chi connectivity index (χ1) is 21.2. The van der Waals surface area contributed by atoms with Gasteiger partial charge in [-0.3, -0.25) is 19.2 Å². The van der Waals surface area contributed by atoms with Gasteiger partial charge in [-0.05, 0) is 41.8 Å². The van der Waals surface area contributed by atoms with Crippen molar-refractivity contribution in [1.82, 2.24) is 0 Å². The van der Waals surface area contributed by atoms with Crippen molar-refractivity contribution < 1.29 is 73.7 Å². The largest absolute Gasteiger partial charge is 0.534 e. The van der Waals surface area contributed by atoms with E-state index < -0.39 is 82.1 Å². The molecule has 0 aliphatic carbocycles. The predicted molar refractivity (Wildman–Crippen MR) is 148 cm³/mol. The zero-order valence-electron chi connectivity index (χ0n) is 24.5. The van der Waals surface area contributed by atoms with Crippen LogP contribution < -0.4 is 4.18 Å². The second-order valence-electron chi connectivity index (χ2n) is 9.94. The van der Waals surface area contributed by atoms with Gasteiger partial charge in [0, 0.05) is 38.3 Å². The van der Waals surface area contributed by atoms with Crippen LogP contribution in [0.2, 0.25) is 5.02 Å². The molecule has 2 aromatic carbocycles. The highest BCUT2D eigenvalue weighted by Crippen LogP contribution is 2.42. The summed E-state index contributed by atoms with van der Waals surface area (Å²) in [7, 11) is -5.89. The number of hydrogen-bond donors (Lipinski definition) is 1. The van der Waals surface area contributed by atoms with E-state index in [1.165, 1.54) is 30.3 Å². The van der Waals surface area contributed by atoms with Gasteiger partial charge >= 0.3 is 39.5 Å². The Morgan fingerprint density at radius 3 is 1.98 bits per heavy atom. The summed E-state index contributed by atoms with van der Waals surface area (Å²) in [6.07, 6.45) is -6.56. The van der Waals surface area contributed by atoms with Gasteiger partial charge in [0.2, 0.25) is 11.9 Å². The van der Waals surface area contributed by atoms with Crippen LogP contribution >= 0.6 is 11.6 Å². The molecule has 2 aromatic rings. The molecule has 1 saturated heterocycles. The minimum Gasteiger partial charge on any atom is -0.463 e. The minimum atomic E-state index is -5.89. The molecule has 0 unspecified atom stereocenters. The van der Waals surface area contributed by atoms with Gasteiger partial charge in [-0.1, -0.05) is 29.8 Å². The van der Waals surface area contributed by atoms with Crippen LogP contribution in [0.3, 0.4) is 0 Å². The summed E-state index contributed by atoms with van der Waals surface area (Å²) in [6, 6.07) is 8.48.